The molecule has 0 saturated heterocycles. The van der Waals surface area contributed by atoms with Crippen LogP contribution in [0.4, 0.5) is 34.1 Å². The normalized spacial score (nSPS) is 13.3. The van der Waals surface area contributed by atoms with Gasteiger partial charge in [0.25, 0.3) is 0 Å². The van der Waals surface area contributed by atoms with Gasteiger partial charge in [0, 0.05) is 34.1 Å². The molecular weight excluding hydrogens is 761 g/mol. The molecule has 63 heavy (non-hydrogen) atoms. The Labute approximate surface area is 372 Å². The van der Waals surface area contributed by atoms with Crippen molar-refractivity contribution in [2.24, 2.45) is 5.92 Å². The van der Waals surface area contributed by atoms with Crippen LogP contribution in [0.2, 0.25) is 0 Å². The highest BCUT2D eigenvalue weighted by molar-refractivity contribution is 5.84. The minimum absolute atomic E-state index is 0.588. The lowest BCUT2D eigenvalue weighted by Crippen LogP contribution is -2.10. The minimum atomic E-state index is 0.588. The first-order chi connectivity index (χ1) is 31.1. The van der Waals surface area contributed by atoms with Crippen molar-refractivity contribution in [1.29, 1.82) is 0 Å². The van der Waals surface area contributed by atoms with Gasteiger partial charge in [-0.1, -0.05) is 189 Å². The molecule has 9 aromatic carbocycles. The molecule has 2 heteroatoms. The first kappa shape index (κ1) is 39.2. The highest BCUT2D eigenvalue weighted by Gasteiger charge is 2.17. The van der Waals surface area contributed by atoms with Gasteiger partial charge in [-0.25, -0.2) is 0 Å². The lowest BCUT2D eigenvalue weighted by molar-refractivity contribution is 0.739. The quantitative estimate of drug-likeness (QED) is 0.128. The second-order valence-electron chi connectivity index (χ2n) is 16.3. The highest BCUT2D eigenvalue weighted by atomic mass is 15.1. The van der Waals surface area contributed by atoms with E-state index in [0.717, 1.165) is 51.7 Å². The molecule has 0 bridgehead atoms. The zero-order valence-electron chi connectivity index (χ0n) is 35.4. The maximum absolute atomic E-state index is 2.36. The number of nitrogens with zero attached hydrogens (tertiary/aromatic N) is 2. The van der Waals surface area contributed by atoms with Crippen LogP contribution in [0, 0.1) is 5.92 Å². The summed E-state index contributed by atoms with van der Waals surface area (Å²) in [6.45, 7) is 2.27. The third-order valence-electron chi connectivity index (χ3n) is 12.1. The minimum Gasteiger partial charge on any atom is -0.311 e. The van der Waals surface area contributed by atoms with E-state index >= 15 is 0 Å². The van der Waals surface area contributed by atoms with E-state index in [-0.39, 0.29) is 0 Å². The maximum atomic E-state index is 2.36. The number of allylic oxidation sites excluding steroid dienone is 4. The lowest BCUT2D eigenvalue weighted by atomic mass is 9.94. The largest absolute Gasteiger partial charge is 0.311 e. The third-order valence-corrected chi connectivity index (χ3v) is 12.1. The SMILES string of the molecule is CC1C=CC(c2ccc(N(c3ccc(-c4ccccc4)cc3)c3ccc(-c4ccc(N(c5ccc(-c6ccccc6)cc5)c5ccc(-c6ccccc6)cc5)cc4)cc3)cc2)=CC1. The Morgan fingerprint density at radius 1 is 0.286 bits per heavy atom. The molecule has 0 heterocycles. The second kappa shape index (κ2) is 18.0. The van der Waals surface area contributed by atoms with Crippen molar-refractivity contribution in [3.8, 4) is 44.5 Å². The predicted octanol–water partition coefficient (Wildman–Crippen LogP) is 17.3. The standard InChI is InChI=1S/C61H48N2/c1-45-17-19-49(20-18-45)53-27-39-59(40-28-53)63(58-37-25-52(26-38-58)48-15-9-4-10-16-48)61-43-31-55(32-44-61)54-29-41-60(42-30-54)62(56-33-21-50(22-34-56)46-11-5-2-6-12-46)57-35-23-51(24-36-57)47-13-7-3-8-14-47/h2-17,19-45H,18H2,1H3. The second-order valence-corrected chi connectivity index (χ2v) is 16.3. The smallest absolute Gasteiger partial charge is 0.0462 e. The van der Waals surface area contributed by atoms with E-state index in [2.05, 4.69) is 272 Å². The Hall–Kier alpha value is -7.94. The van der Waals surface area contributed by atoms with E-state index in [9.17, 15) is 0 Å². The Morgan fingerprint density at radius 2 is 0.524 bits per heavy atom. The summed E-state index contributed by atoms with van der Waals surface area (Å²) in [7, 11) is 0. The van der Waals surface area contributed by atoms with Gasteiger partial charge >= 0.3 is 0 Å². The van der Waals surface area contributed by atoms with Crippen LogP contribution >= 0.6 is 0 Å². The van der Waals surface area contributed by atoms with Crippen LogP contribution in [0.25, 0.3) is 50.1 Å². The van der Waals surface area contributed by atoms with Crippen LogP contribution in [0.5, 0.6) is 0 Å². The molecule has 0 N–H and O–H groups in total. The van der Waals surface area contributed by atoms with Gasteiger partial charge in [0.2, 0.25) is 0 Å². The molecule has 0 aliphatic heterocycles. The first-order valence-corrected chi connectivity index (χ1v) is 21.9. The van der Waals surface area contributed by atoms with Gasteiger partial charge in [-0.15, -0.1) is 0 Å². The molecule has 0 amide bonds. The summed E-state index contributed by atoms with van der Waals surface area (Å²) < 4.78 is 0. The van der Waals surface area contributed by atoms with Crippen LogP contribution < -0.4 is 9.80 Å². The highest BCUT2D eigenvalue weighted by Crippen LogP contribution is 2.40. The van der Waals surface area contributed by atoms with Crippen LogP contribution in [0.15, 0.2) is 255 Å². The van der Waals surface area contributed by atoms with Crippen molar-refractivity contribution in [2.75, 3.05) is 9.80 Å². The van der Waals surface area contributed by atoms with Gasteiger partial charge in [0.05, 0.1) is 0 Å². The maximum Gasteiger partial charge on any atom is 0.0462 e. The van der Waals surface area contributed by atoms with Gasteiger partial charge in [-0.05, 0) is 141 Å². The molecule has 1 unspecified atom stereocenters. The molecule has 302 valence electrons. The average Bonchev–Trinajstić information content (AvgIpc) is 3.37. The Morgan fingerprint density at radius 3 is 0.762 bits per heavy atom. The van der Waals surface area contributed by atoms with Crippen molar-refractivity contribution in [1.82, 2.24) is 0 Å². The molecule has 2 nitrogen and oxygen atoms in total. The summed E-state index contributed by atoms with van der Waals surface area (Å²) in [5.74, 6) is 0.588. The van der Waals surface area contributed by atoms with Gasteiger partial charge in [-0.3, -0.25) is 0 Å². The van der Waals surface area contributed by atoms with Gasteiger partial charge in [0.1, 0.15) is 0 Å². The fourth-order valence-electron chi connectivity index (χ4n) is 8.55. The van der Waals surface area contributed by atoms with Gasteiger partial charge in [0.15, 0.2) is 0 Å². The van der Waals surface area contributed by atoms with Gasteiger partial charge in [-0.2, -0.15) is 0 Å². The van der Waals surface area contributed by atoms with E-state index < -0.39 is 0 Å². The predicted molar refractivity (Wildman–Crippen MR) is 268 cm³/mol. The van der Waals surface area contributed by atoms with E-state index in [0.29, 0.717) is 5.92 Å². The monoisotopic (exact) mass is 808 g/mol. The number of hydrogen-bond donors (Lipinski definition) is 0. The Kier molecular flexibility index (Phi) is 11.2. The van der Waals surface area contributed by atoms with Crippen molar-refractivity contribution in [3.63, 3.8) is 0 Å². The number of benzene rings is 9. The van der Waals surface area contributed by atoms with Crippen LogP contribution in [0.1, 0.15) is 18.9 Å². The lowest BCUT2D eigenvalue weighted by Gasteiger charge is -2.27. The van der Waals surface area contributed by atoms with Gasteiger partial charge < -0.3 is 9.80 Å². The molecular formula is C61H48N2. The van der Waals surface area contributed by atoms with E-state index in [1.165, 1.54) is 44.5 Å². The number of rotatable bonds is 11. The fourth-order valence-corrected chi connectivity index (χ4v) is 8.55. The molecule has 0 radical (unpaired) electrons. The number of hydrogen-bond acceptors (Lipinski definition) is 2. The zero-order chi connectivity index (χ0) is 42.4. The molecule has 0 spiro atoms. The average molecular weight is 809 g/mol. The molecule has 0 fully saturated rings. The third kappa shape index (κ3) is 8.66. The van der Waals surface area contributed by atoms with E-state index in [4.69, 9.17) is 0 Å². The zero-order valence-corrected chi connectivity index (χ0v) is 35.4. The van der Waals surface area contributed by atoms with E-state index in [1.807, 2.05) is 0 Å². The van der Waals surface area contributed by atoms with Crippen molar-refractivity contribution >= 4 is 39.7 Å². The van der Waals surface area contributed by atoms with Crippen molar-refractivity contribution < 1.29 is 0 Å². The fraction of sp³-hybridized carbons (Fsp3) is 0.0492. The van der Waals surface area contributed by atoms with Crippen molar-refractivity contribution in [3.05, 3.63) is 260 Å². The Balaban J connectivity index is 0.955. The van der Waals surface area contributed by atoms with Crippen LogP contribution in [-0.2, 0) is 0 Å². The molecule has 10 rings (SSSR count). The molecule has 1 aliphatic rings. The summed E-state index contributed by atoms with van der Waals surface area (Å²) in [5.41, 5.74) is 18.7. The summed E-state index contributed by atoms with van der Waals surface area (Å²) in [5, 5.41) is 0. The molecule has 0 aromatic heterocycles. The van der Waals surface area contributed by atoms with Crippen molar-refractivity contribution in [2.45, 2.75) is 13.3 Å². The van der Waals surface area contributed by atoms with Crippen LogP contribution in [-0.4, -0.2) is 0 Å². The summed E-state index contributed by atoms with van der Waals surface area (Å²) >= 11 is 0. The summed E-state index contributed by atoms with van der Waals surface area (Å²) in [4.78, 5) is 4.69. The topological polar surface area (TPSA) is 6.48 Å². The Bertz CT molecular complexity index is 2870. The van der Waals surface area contributed by atoms with E-state index in [1.54, 1.807) is 0 Å². The summed E-state index contributed by atoms with van der Waals surface area (Å²) in [6, 6.07) is 85.2. The number of anilines is 6. The first-order valence-electron chi connectivity index (χ1n) is 21.9. The van der Waals surface area contributed by atoms with Crippen LogP contribution in [0.3, 0.4) is 0 Å². The molecule has 1 aliphatic carbocycles. The molecule has 9 aromatic rings. The molecule has 1 atom stereocenters. The summed E-state index contributed by atoms with van der Waals surface area (Å²) in [6.07, 6.45) is 8.00. The molecule has 0 saturated carbocycles.